The highest BCUT2D eigenvalue weighted by Gasteiger charge is 2.55. The lowest BCUT2D eigenvalue weighted by molar-refractivity contribution is -0.0360. The van der Waals surface area contributed by atoms with Crippen molar-refractivity contribution in [2.24, 2.45) is 28.6 Å². The van der Waals surface area contributed by atoms with Crippen LogP contribution in [0.1, 0.15) is 71.6 Å². The molecular formula is C19H30O. The van der Waals surface area contributed by atoms with Crippen LogP contribution in [-0.4, -0.2) is 11.2 Å². The summed E-state index contributed by atoms with van der Waals surface area (Å²) < 4.78 is 0. The number of aliphatic hydroxyl groups is 1. The van der Waals surface area contributed by atoms with Gasteiger partial charge in [-0.05, 0) is 80.0 Å². The van der Waals surface area contributed by atoms with Crippen molar-refractivity contribution in [3.8, 4) is 0 Å². The zero-order valence-electron chi connectivity index (χ0n) is 13.2. The third-order valence-corrected chi connectivity index (χ3v) is 7.86. The normalized spacial score (nSPS) is 54.6. The summed E-state index contributed by atoms with van der Waals surface area (Å²) in [4.78, 5) is 0. The summed E-state index contributed by atoms with van der Waals surface area (Å²) in [5.74, 6) is 2.84. The molecule has 4 aliphatic carbocycles. The van der Waals surface area contributed by atoms with E-state index in [1.807, 2.05) is 0 Å². The second-order valence-electron chi connectivity index (χ2n) is 8.74. The molecule has 1 N–H and O–H groups in total. The summed E-state index contributed by atoms with van der Waals surface area (Å²) >= 11 is 0. The Balaban J connectivity index is 1.68. The van der Waals surface area contributed by atoms with Crippen molar-refractivity contribution in [2.45, 2.75) is 77.7 Å². The van der Waals surface area contributed by atoms with Gasteiger partial charge in [-0.3, -0.25) is 0 Å². The Morgan fingerprint density at radius 3 is 2.75 bits per heavy atom. The molecule has 6 atom stereocenters. The van der Waals surface area contributed by atoms with Crippen LogP contribution in [0.5, 0.6) is 0 Å². The molecular weight excluding hydrogens is 244 g/mol. The summed E-state index contributed by atoms with van der Waals surface area (Å²) in [5, 5.41) is 10.0. The van der Waals surface area contributed by atoms with Gasteiger partial charge in [-0.15, -0.1) is 0 Å². The van der Waals surface area contributed by atoms with Crippen LogP contribution >= 0.6 is 0 Å². The highest BCUT2D eigenvalue weighted by Crippen LogP contribution is 2.64. The standard InChI is InChI=1S/C19H30O/c1-18-9-3-4-16(18)15-6-5-13-12-14(20)7-11-19(13,2)17(15)8-10-18/h5,14-17,20H,3-4,6-12H2,1-2H3/t14-,15?,16?,17?,18?,19?/m0/s1. The summed E-state index contributed by atoms with van der Waals surface area (Å²) in [5.41, 5.74) is 2.70. The minimum atomic E-state index is -0.0637. The molecule has 1 heteroatoms. The van der Waals surface area contributed by atoms with E-state index in [0.717, 1.165) is 30.6 Å². The Hall–Kier alpha value is -0.300. The fourth-order valence-electron chi connectivity index (χ4n) is 6.63. The molecule has 1 nitrogen and oxygen atoms in total. The minimum Gasteiger partial charge on any atom is -0.393 e. The maximum Gasteiger partial charge on any atom is 0.0577 e. The Morgan fingerprint density at radius 2 is 1.90 bits per heavy atom. The van der Waals surface area contributed by atoms with Gasteiger partial charge >= 0.3 is 0 Å². The molecule has 0 radical (unpaired) electrons. The van der Waals surface area contributed by atoms with Crippen LogP contribution in [0.4, 0.5) is 0 Å². The SMILES string of the molecule is CC12CCCC1C1CC=C3C[C@@H](O)CCC3(C)C1CC2. The minimum absolute atomic E-state index is 0.0637. The molecule has 4 aliphatic rings. The largest absolute Gasteiger partial charge is 0.393 e. The van der Waals surface area contributed by atoms with E-state index in [0.29, 0.717) is 10.8 Å². The predicted molar refractivity (Wildman–Crippen MR) is 82.3 cm³/mol. The molecule has 0 aromatic heterocycles. The third-order valence-electron chi connectivity index (χ3n) is 7.86. The van der Waals surface area contributed by atoms with Crippen molar-refractivity contribution >= 4 is 0 Å². The van der Waals surface area contributed by atoms with Gasteiger partial charge in [0.25, 0.3) is 0 Å². The molecule has 20 heavy (non-hydrogen) atoms. The number of hydrogen-bond acceptors (Lipinski definition) is 1. The monoisotopic (exact) mass is 274 g/mol. The van der Waals surface area contributed by atoms with Crippen LogP contribution in [-0.2, 0) is 0 Å². The van der Waals surface area contributed by atoms with Crippen LogP contribution in [0.3, 0.4) is 0 Å². The second-order valence-corrected chi connectivity index (χ2v) is 8.74. The van der Waals surface area contributed by atoms with E-state index in [1.54, 1.807) is 5.57 Å². The first-order chi connectivity index (χ1) is 9.53. The Labute approximate surface area is 123 Å². The van der Waals surface area contributed by atoms with Gasteiger partial charge in [0.15, 0.2) is 0 Å². The molecule has 0 aromatic rings. The number of allylic oxidation sites excluding steroid dienone is 1. The summed E-state index contributed by atoms with van der Waals surface area (Å²) in [7, 11) is 0. The summed E-state index contributed by atoms with van der Waals surface area (Å²) in [6.07, 6.45) is 14.3. The molecule has 0 aromatic carbocycles. The quantitative estimate of drug-likeness (QED) is 0.635. The van der Waals surface area contributed by atoms with Crippen molar-refractivity contribution in [3.05, 3.63) is 11.6 Å². The van der Waals surface area contributed by atoms with Crippen molar-refractivity contribution in [1.29, 1.82) is 0 Å². The average molecular weight is 274 g/mol. The predicted octanol–water partition coefficient (Wildman–Crippen LogP) is 4.70. The van der Waals surface area contributed by atoms with E-state index in [1.165, 1.54) is 44.9 Å². The van der Waals surface area contributed by atoms with Crippen LogP contribution in [0.15, 0.2) is 11.6 Å². The van der Waals surface area contributed by atoms with Crippen LogP contribution in [0.25, 0.3) is 0 Å². The van der Waals surface area contributed by atoms with Gasteiger partial charge in [0.05, 0.1) is 6.10 Å². The van der Waals surface area contributed by atoms with Crippen LogP contribution in [0.2, 0.25) is 0 Å². The zero-order chi connectivity index (χ0) is 14.0. The molecule has 0 bridgehead atoms. The highest BCUT2D eigenvalue weighted by atomic mass is 16.3. The van der Waals surface area contributed by atoms with Crippen molar-refractivity contribution < 1.29 is 5.11 Å². The molecule has 0 heterocycles. The Kier molecular flexibility index (Phi) is 2.91. The van der Waals surface area contributed by atoms with E-state index in [-0.39, 0.29) is 6.10 Å². The van der Waals surface area contributed by atoms with Gasteiger partial charge in [0.2, 0.25) is 0 Å². The maximum atomic E-state index is 10.0. The Morgan fingerprint density at radius 1 is 1.05 bits per heavy atom. The van der Waals surface area contributed by atoms with Gasteiger partial charge < -0.3 is 5.11 Å². The smallest absolute Gasteiger partial charge is 0.0577 e. The zero-order valence-corrected chi connectivity index (χ0v) is 13.2. The summed E-state index contributed by atoms with van der Waals surface area (Å²) in [6, 6.07) is 0. The fourth-order valence-corrected chi connectivity index (χ4v) is 6.63. The average Bonchev–Trinajstić information content (AvgIpc) is 2.81. The first-order valence-electron chi connectivity index (χ1n) is 8.90. The lowest BCUT2D eigenvalue weighted by atomic mass is 9.48. The van der Waals surface area contributed by atoms with Crippen molar-refractivity contribution in [3.63, 3.8) is 0 Å². The molecule has 5 unspecified atom stereocenters. The van der Waals surface area contributed by atoms with Crippen LogP contribution in [0, 0.1) is 28.6 Å². The van der Waals surface area contributed by atoms with E-state index in [2.05, 4.69) is 19.9 Å². The second kappa shape index (κ2) is 4.35. The van der Waals surface area contributed by atoms with Crippen molar-refractivity contribution in [1.82, 2.24) is 0 Å². The van der Waals surface area contributed by atoms with E-state index in [4.69, 9.17) is 0 Å². The number of aliphatic hydroxyl groups excluding tert-OH is 1. The van der Waals surface area contributed by atoms with Gasteiger partial charge in [-0.1, -0.05) is 31.9 Å². The number of rotatable bonds is 0. The molecule has 0 amide bonds. The van der Waals surface area contributed by atoms with Gasteiger partial charge in [-0.2, -0.15) is 0 Å². The maximum absolute atomic E-state index is 10.0. The Bertz CT molecular complexity index is 439. The lowest BCUT2D eigenvalue weighted by Gasteiger charge is -2.57. The van der Waals surface area contributed by atoms with Gasteiger partial charge in [0, 0.05) is 0 Å². The third kappa shape index (κ3) is 1.71. The molecule has 3 fully saturated rings. The lowest BCUT2D eigenvalue weighted by Crippen LogP contribution is -2.49. The molecule has 0 spiro atoms. The summed E-state index contributed by atoms with van der Waals surface area (Å²) in [6.45, 7) is 5.10. The molecule has 3 saturated carbocycles. The molecule has 0 saturated heterocycles. The van der Waals surface area contributed by atoms with Gasteiger partial charge in [0.1, 0.15) is 0 Å². The first kappa shape index (κ1) is 13.4. The molecule has 4 rings (SSSR count). The van der Waals surface area contributed by atoms with E-state index >= 15 is 0 Å². The highest BCUT2D eigenvalue weighted by molar-refractivity contribution is 5.25. The van der Waals surface area contributed by atoms with Crippen molar-refractivity contribution in [2.75, 3.05) is 0 Å². The van der Waals surface area contributed by atoms with Crippen LogP contribution < -0.4 is 0 Å². The number of hydrogen-bond donors (Lipinski definition) is 1. The van der Waals surface area contributed by atoms with Gasteiger partial charge in [-0.25, -0.2) is 0 Å². The fraction of sp³-hybridized carbons (Fsp3) is 0.895. The topological polar surface area (TPSA) is 20.2 Å². The first-order valence-corrected chi connectivity index (χ1v) is 8.90. The molecule has 0 aliphatic heterocycles. The molecule has 112 valence electrons. The number of fused-ring (bicyclic) bond motifs is 5. The van der Waals surface area contributed by atoms with E-state index in [9.17, 15) is 5.11 Å². The van der Waals surface area contributed by atoms with E-state index < -0.39 is 0 Å².